The molecule has 0 aromatic heterocycles. The van der Waals surface area contributed by atoms with Crippen LogP contribution in [0.3, 0.4) is 0 Å². The van der Waals surface area contributed by atoms with Crippen LogP contribution in [0.2, 0.25) is 0 Å². The minimum absolute atomic E-state index is 0. The summed E-state index contributed by atoms with van der Waals surface area (Å²) in [7, 11) is 0. The van der Waals surface area contributed by atoms with E-state index < -0.39 is 24.2 Å². The van der Waals surface area contributed by atoms with Crippen LogP contribution >= 0.6 is 0 Å². The van der Waals surface area contributed by atoms with E-state index in [9.17, 15) is 23.4 Å². The number of nitrogens with zero attached hydrogens (tertiary/aromatic N) is 4. The number of rotatable bonds is 3. The molecule has 2 N–H and O–H groups in total. The number of nitrogens with one attached hydrogen (secondary N) is 1. The van der Waals surface area contributed by atoms with Crippen LogP contribution in [0.4, 0.5) is 13.2 Å². The van der Waals surface area contributed by atoms with Crippen molar-refractivity contribution >= 4 is 17.8 Å². The Balaban J connectivity index is 0.000000603. The summed E-state index contributed by atoms with van der Waals surface area (Å²) in [6.45, 7) is 3.13. The fraction of sp³-hybridized carbons (Fsp3) is 0.217. The molecule has 2 aliphatic heterocycles. The van der Waals surface area contributed by atoms with Crippen LogP contribution in [0.15, 0.2) is 86.5 Å². The zero-order valence-corrected chi connectivity index (χ0v) is 19.4. The quantitative estimate of drug-likeness (QED) is 0.263. The maximum absolute atomic E-state index is 13.2. The molecule has 0 bridgehead atoms. The van der Waals surface area contributed by atoms with Gasteiger partial charge in [0.05, 0.1) is 0 Å². The average Bonchev–Trinajstić information content (AvgIpc) is 3.54. The molecule has 0 saturated carbocycles. The zero-order valence-electron chi connectivity index (χ0n) is 18.3. The van der Waals surface area contributed by atoms with Crippen LogP contribution in [0.5, 0.6) is 0 Å². The Bertz CT molecular complexity index is 1010. The third kappa shape index (κ3) is 6.31. The van der Waals surface area contributed by atoms with Gasteiger partial charge in [-0.05, 0) is 37.5 Å². The molecule has 2 radical (unpaired) electrons. The number of hydrogen-bond donors (Lipinski definition) is 2. The van der Waals surface area contributed by atoms with Gasteiger partial charge in [0.25, 0.3) is 5.72 Å². The third-order valence-corrected chi connectivity index (χ3v) is 4.75. The molecular weight excluding hydrogens is 491 g/mol. The predicted octanol–water partition coefficient (Wildman–Crippen LogP) is 3.00. The summed E-state index contributed by atoms with van der Waals surface area (Å²) in [6.07, 6.45) is 15.4. The van der Waals surface area contributed by atoms with Gasteiger partial charge in [0, 0.05) is 29.6 Å². The fourth-order valence-electron chi connectivity index (χ4n) is 3.01. The van der Waals surface area contributed by atoms with Crippen molar-refractivity contribution < 1.29 is 40.5 Å². The van der Waals surface area contributed by atoms with Gasteiger partial charge in [0.15, 0.2) is 5.84 Å². The SMILES string of the molecule is CC1=NN(/C([O-])=C2C=C/C(=N\NC(C)=C3C=CC=C3)N=C/2)C(O)(C(F)(F)F)C1.[CH]1[CH][CH-]C=C1.[Fe+2]. The van der Waals surface area contributed by atoms with Gasteiger partial charge in [0.2, 0.25) is 0 Å². The van der Waals surface area contributed by atoms with Gasteiger partial charge < -0.3 is 10.2 Å². The number of dihydropyridines is 1. The van der Waals surface area contributed by atoms with Crippen LogP contribution < -0.4 is 10.5 Å². The van der Waals surface area contributed by atoms with Gasteiger partial charge >= 0.3 is 23.2 Å². The molecule has 1 unspecified atom stereocenters. The Morgan fingerprint density at radius 2 is 1.91 bits per heavy atom. The predicted molar refractivity (Wildman–Crippen MR) is 119 cm³/mol. The molecule has 0 saturated heterocycles. The molecule has 4 aliphatic rings. The first-order chi connectivity index (χ1) is 15.6. The van der Waals surface area contributed by atoms with Crippen molar-refractivity contribution in [2.24, 2.45) is 15.2 Å². The molecule has 11 heteroatoms. The molecule has 0 fully saturated rings. The molecule has 1 atom stereocenters. The van der Waals surface area contributed by atoms with E-state index in [1.54, 1.807) is 0 Å². The van der Waals surface area contributed by atoms with Crippen LogP contribution in [-0.4, -0.2) is 39.8 Å². The van der Waals surface area contributed by atoms with Gasteiger partial charge in [-0.25, -0.2) is 28.6 Å². The van der Waals surface area contributed by atoms with E-state index in [1.165, 1.54) is 19.1 Å². The number of hydrazone groups is 2. The van der Waals surface area contributed by atoms with Gasteiger partial charge in [-0.3, -0.25) is 5.43 Å². The first kappa shape index (κ1) is 27.2. The van der Waals surface area contributed by atoms with E-state index >= 15 is 0 Å². The second-order valence-corrected chi connectivity index (χ2v) is 7.33. The standard InChI is InChI=1S/C18H18F3N5O2.C5H5.Fe/c1-11-9-17(28,18(19,20)21)26(25-11)16(27)14-7-8-15(22-10-14)24-23-12(2)13-5-3-4-6-13;1-2-4-5-3-1;/h3-8,10,23,27-28H,9H2,1-2H3;1-5H;/q;-1;+2/p-1/b16-14+,24-15+;;. The minimum Gasteiger partial charge on any atom is -0.858 e. The number of aliphatic imine (C=N–C) groups is 1. The molecule has 34 heavy (non-hydrogen) atoms. The topological polar surface area (TPSA) is 95.6 Å². The van der Waals surface area contributed by atoms with E-state index in [1.807, 2.05) is 62.6 Å². The summed E-state index contributed by atoms with van der Waals surface area (Å²) in [5.41, 5.74) is 1.02. The number of halogens is 3. The van der Waals surface area contributed by atoms with Crippen molar-refractivity contribution in [1.82, 2.24) is 10.4 Å². The molecule has 2 aliphatic carbocycles. The molecule has 4 rings (SSSR count). The number of amidine groups is 1. The van der Waals surface area contributed by atoms with Crippen molar-refractivity contribution in [2.45, 2.75) is 32.2 Å². The Morgan fingerprint density at radius 1 is 1.21 bits per heavy atom. The van der Waals surface area contributed by atoms with Crippen LogP contribution in [-0.2, 0) is 17.1 Å². The summed E-state index contributed by atoms with van der Waals surface area (Å²) < 4.78 is 39.7. The third-order valence-electron chi connectivity index (χ3n) is 4.75. The fourth-order valence-corrected chi connectivity index (χ4v) is 3.01. The molecular formula is C23H22F3FeN5O2. The molecule has 0 amide bonds. The molecule has 7 nitrogen and oxygen atoms in total. The first-order valence-corrected chi connectivity index (χ1v) is 9.94. The summed E-state index contributed by atoms with van der Waals surface area (Å²) in [6, 6.07) is 0. The van der Waals surface area contributed by atoms with Crippen molar-refractivity contribution in [2.75, 3.05) is 0 Å². The minimum atomic E-state index is -5.05. The molecule has 180 valence electrons. The van der Waals surface area contributed by atoms with E-state index in [0.717, 1.165) is 17.5 Å². The van der Waals surface area contributed by atoms with Gasteiger partial charge in [0.1, 0.15) is 0 Å². The largest absolute Gasteiger partial charge is 2.00 e. The zero-order chi connectivity index (χ0) is 24.1. The normalized spacial score (nSPS) is 25.1. The smallest absolute Gasteiger partial charge is 0.858 e. The van der Waals surface area contributed by atoms with Crippen LogP contribution in [0, 0.1) is 19.3 Å². The first-order valence-electron chi connectivity index (χ1n) is 9.94. The maximum Gasteiger partial charge on any atom is 2.00 e. The second kappa shape index (κ2) is 11.4. The Hall–Kier alpha value is -3.01. The Kier molecular flexibility index (Phi) is 9.14. The Morgan fingerprint density at radius 3 is 2.41 bits per heavy atom. The second-order valence-electron chi connectivity index (χ2n) is 7.33. The number of allylic oxidation sites excluding steroid dienone is 10. The van der Waals surface area contributed by atoms with E-state index in [-0.39, 0.29) is 39.2 Å². The van der Waals surface area contributed by atoms with E-state index in [2.05, 4.69) is 20.6 Å². The summed E-state index contributed by atoms with van der Waals surface area (Å²) in [5.74, 6) is -0.877. The summed E-state index contributed by atoms with van der Waals surface area (Å²) in [5, 5.41) is 30.1. The monoisotopic (exact) mass is 513 g/mol. The maximum atomic E-state index is 13.2. The molecule has 0 aromatic rings. The van der Waals surface area contributed by atoms with Crippen molar-refractivity contribution in [3.8, 4) is 0 Å². The van der Waals surface area contributed by atoms with Gasteiger partial charge in [-0.1, -0.05) is 24.3 Å². The van der Waals surface area contributed by atoms with Crippen LogP contribution in [0.25, 0.3) is 0 Å². The summed E-state index contributed by atoms with van der Waals surface area (Å²) in [4.78, 5) is 3.95. The summed E-state index contributed by atoms with van der Waals surface area (Å²) >= 11 is 0. The molecule has 0 aromatic carbocycles. The molecule has 0 spiro atoms. The van der Waals surface area contributed by atoms with Crippen LogP contribution in [0.1, 0.15) is 20.3 Å². The number of aliphatic hydroxyl groups is 1. The van der Waals surface area contributed by atoms with Gasteiger partial charge in [-0.15, -0.1) is 12.8 Å². The van der Waals surface area contributed by atoms with E-state index in [4.69, 9.17) is 0 Å². The van der Waals surface area contributed by atoms with Crippen molar-refractivity contribution in [1.29, 1.82) is 0 Å². The van der Waals surface area contributed by atoms with Crippen molar-refractivity contribution in [3.63, 3.8) is 0 Å². The Labute approximate surface area is 206 Å². The number of hydrogen-bond acceptors (Lipinski definition) is 6. The van der Waals surface area contributed by atoms with Gasteiger partial charge in [-0.2, -0.15) is 23.4 Å². The average molecular weight is 513 g/mol. The molecule has 2 heterocycles. The number of alkyl halides is 3. The van der Waals surface area contributed by atoms with E-state index in [0.29, 0.717) is 0 Å². The van der Waals surface area contributed by atoms with Crippen molar-refractivity contribution in [3.05, 3.63) is 90.6 Å².